The molecule has 1 N–H and O–H groups in total. The molecule has 1 unspecified atom stereocenters. The Morgan fingerprint density at radius 3 is 2.00 bits per heavy atom. The zero-order valence-corrected chi connectivity index (χ0v) is 10.2. The molecule has 1 nitrogen and oxygen atoms in total. The highest BCUT2D eigenvalue weighted by Gasteiger charge is 2.12. The largest absolute Gasteiger partial charge is 0.312 e. The molecule has 1 atom stereocenters. The molecular weight excluding hydrogens is 182 g/mol. The molecule has 0 saturated heterocycles. The molecule has 0 aliphatic carbocycles. The van der Waals surface area contributed by atoms with Crippen molar-refractivity contribution in [3.05, 3.63) is 0 Å². The zero-order chi connectivity index (χ0) is 10.3. The van der Waals surface area contributed by atoms with Gasteiger partial charge < -0.3 is 5.32 Å². The topological polar surface area (TPSA) is 12.0 Å². The minimum atomic E-state index is 0.474. The third-order valence-electron chi connectivity index (χ3n) is 2.79. The SMILES string of the molecule is CCC(CC)CNC(CCl)C(C)C. The fourth-order valence-electron chi connectivity index (χ4n) is 1.36. The Hall–Kier alpha value is 0.250. The van der Waals surface area contributed by atoms with Crippen LogP contribution in [-0.2, 0) is 0 Å². The van der Waals surface area contributed by atoms with Crippen LogP contribution in [0.1, 0.15) is 40.5 Å². The van der Waals surface area contributed by atoms with E-state index in [2.05, 4.69) is 33.0 Å². The van der Waals surface area contributed by atoms with Gasteiger partial charge in [-0.05, 0) is 18.4 Å². The number of nitrogens with one attached hydrogen (secondary N) is 1. The minimum absolute atomic E-state index is 0.474. The van der Waals surface area contributed by atoms with Crippen LogP contribution in [0.15, 0.2) is 0 Å². The summed E-state index contributed by atoms with van der Waals surface area (Å²) in [6.45, 7) is 10.0. The van der Waals surface area contributed by atoms with Crippen molar-refractivity contribution < 1.29 is 0 Å². The van der Waals surface area contributed by atoms with Crippen LogP contribution in [0.2, 0.25) is 0 Å². The standard InChI is InChI=1S/C11H24ClN/c1-5-10(6-2)8-13-11(7-12)9(3)4/h9-11,13H,5-8H2,1-4H3. The van der Waals surface area contributed by atoms with Gasteiger partial charge in [-0.1, -0.05) is 40.5 Å². The summed E-state index contributed by atoms with van der Waals surface area (Å²) in [5.74, 6) is 2.16. The lowest BCUT2D eigenvalue weighted by molar-refractivity contribution is 0.372. The lowest BCUT2D eigenvalue weighted by atomic mass is 10.0. The smallest absolute Gasteiger partial charge is 0.0379 e. The molecule has 0 aromatic carbocycles. The molecular formula is C11H24ClN. The molecule has 0 aliphatic rings. The monoisotopic (exact) mass is 205 g/mol. The first-order valence-corrected chi connectivity index (χ1v) is 5.98. The molecule has 0 saturated carbocycles. The quantitative estimate of drug-likeness (QED) is 0.630. The first kappa shape index (κ1) is 13.2. The Labute approximate surface area is 88.2 Å². The normalized spacial score (nSPS) is 14.1. The van der Waals surface area contributed by atoms with Crippen LogP contribution in [0, 0.1) is 11.8 Å². The fourth-order valence-corrected chi connectivity index (χ4v) is 1.83. The minimum Gasteiger partial charge on any atom is -0.312 e. The number of halogens is 1. The zero-order valence-electron chi connectivity index (χ0n) is 9.44. The highest BCUT2D eigenvalue weighted by atomic mass is 35.5. The molecule has 0 amide bonds. The number of alkyl halides is 1. The molecule has 80 valence electrons. The third-order valence-corrected chi connectivity index (χ3v) is 3.13. The van der Waals surface area contributed by atoms with Gasteiger partial charge in [0, 0.05) is 11.9 Å². The molecule has 0 rings (SSSR count). The Bertz CT molecular complexity index is 111. The van der Waals surface area contributed by atoms with Crippen LogP contribution in [-0.4, -0.2) is 18.5 Å². The van der Waals surface area contributed by atoms with Crippen LogP contribution >= 0.6 is 11.6 Å². The maximum absolute atomic E-state index is 5.87. The van der Waals surface area contributed by atoms with E-state index in [0.717, 1.165) is 18.3 Å². The van der Waals surface area contributed by atoms with Crippen LogP contribution < -0.4 is 5.32 Å². The van der Waals surface area contributed by atoms with Gasteiger partial charge in [-0.2, -0.15) is 0 Å². The Balaban J connectivity index is 3.69. The number of rotatable bonds is 7. The van der Waals surface area contributed by atoms with Gasteiger partial charge in [0.2, 0.25) is 0 Å². The summed E-state index contributed by atoms with van der Waals surface area (Å²) >= 11 is 5.87. The molecule has 0 fully saturated rings. The Morgan fingerprint density at radius 1 is 1.15 bits per heavy atom. The van der Waals surface area contributed by atoms with Gasteiger partial charge in [-0.15, -0.1) is 11.6 Å². The van der Waals surface area contributed by atoms with E-state index in [9.17, 15) is 0 Å². The van der Waals surface area contributed by atoms with E-state index in [-0.39, 0.29) is 0 Å². The number of hydrogen-bond acceptors (Lipinski definition) is 1. The summed E-state index contributed by atoms with van der Waals surface area (Å²) in [5.41, 5.74) is 0. The summed E-state index contributed by atoms with van der Waals surface area (Å²) in [4.78, 5) is 0. The van der Waals surface area contributed by atoms with Gasteiger partial charge in [-0.3, -0.25) is 0 Å². The van der Waals surface area contributed by atoms with Crippen molar-refractivity contribution in [2.45, 2.75) is 46.6 Å². The second kappa shape index (κ2) is 7.64. The maximum atomic E-state index is 5.87. The van der Waals surface area contributed by atoms with E-state index in [1.165, 1.54) is 12.8 Å². The van der Waals surface area contributed by atoms with Crippen molar-refractivity contribution >= 4 is 11.6 Å². The van der Waals surface area contributed by atoms with Crippen molar-refractivity contribution in [2.24, 2.45) is 11.8 Å². The maximum Gasteiger partial charge on any atom is 0.0379 e. The predicted molar refractivity (Wildman–Crippen MR) is 61.4 cm³/mol. The molecule has 0 aromatic heterocycles. The van der Waals surface area contributed by atoms with E-state index in [1.807, 2.05) is 0 Å². The summed E-state index contributed by atoms with van der Waals surface area (Å²) in [6.07, 6.45) is 2.52. The van der Waals surface area contributed by atoms with E-state index >= 15 is 0 Å². The van der Waals surface area contributed by atoms with Crippen molar-refractivity contribution in [1.29, 1.82) is 0 Å². The second-order valence-electron chi connectivity index (χ2n) is 4.10. The lowest BCUT2D eigenvalue weighted by Gasteiger charge is -2.22. The van der Waals surface area contributed by atoms with Crippen molar-refractivity contribution in [2.75, 3.05) is 12.4 Å². The van der Waals surface area contributed by atoms with Gasteiger partial charge in [0.25, 0.3) is 0 Å². The number of hydrogen-bond donors (Lipinski definition) is 1. The molecule has 0 aromatic rings. The van der Waals surface area contributed by atoms with E-state index in [1.54, 1.807) is 0 Å². The highest BCUT2D eigenvalue weighted by molar-refractivity contribution is 6.18. The van der Waals surface area contributed by atoms with E-state index in [4.69, 9.17) is 11.6 Å². The van der Waals surface area contributed by atoms with Crippen molar-refractivity contribution in [3.63, 3.8) is 0 Å². The lowest BCUT2D eigenvalue weighted by Crippen LogP contribution is -2.38. The molecule has 13 heavy (non-hydrogen) atoms. The first-order chi connectivity index (χ1) is 6.15. The molecule has 0 radical (unpaired) electrons. The van der Waals surface area contributed by atoms with Gasteiger partial charge in [0.05, 0.1) is 0 Å². The predicted octanol–water partition coefficient (Wildman–Crippen LogP) is 3.28. The van der Waals surface area contributed by atoms with E-state index < -0.39 is 0 Å². The van der Waals surface area contributed by atoms with Crippen molar-refractivity contribution in [1.82, 2.24) is 5.32 Å². The third kappa shape index (κ3) is 5.53. The van der Waals surface area contributed by atoms with Gasteiger partial charge in [-0.25, -0.2) is 0 Å². The molecule has 0 heterocycles. The van der Waals surface area contributed by atoms with Crippen LogP contribution in [0.5, 0.6) is 0 Å². The summed E-state index contributed by atoms with van der Waals surface area (Å²) < 4.78 is 0. The molecule has 0 bridgehead atoms. The van der Waals surface area contributed by atoms with Gasteiger partial charge in [0.15, 0.2) is 0 Å². The second-order valence-corrected chi connectivity index (χ2v) is 4.40. The van der Waals surface area contributed by atoms with Crippen LogP contribution in [0.4, 0.5) is 0 Å². The molecule has 0 aliphatic heterocycles. The summed E-state index contributed by atoms with van der Waals surface area (Å²) in [5, 5.41) is 3.54. The van der Waals surface area contributed by atoms with E-state index in [0.29, 0.717) is 12.0 Å². The Morgan fingerprint density at radius 2 is 1.69 bits per heavy atom. The average Bonchev–Trinajstić information content (AvgIpc) is 2.12. The van der Waals surface area contributed by atoms with Crippen LogP contribution in [0.3, 0.4) is 0 Å². The highest BCUT2D eigenvalue weighted by Crippen LogP contribution is 2.08. The molecule has 2 heteroatoms. The first-order valence-electron chi connectivity index (χ1n) is 5.44. The molecule has 0 spiro atoms. The van der Waals surface area contributed by atoms with Gasteiger partial charge >= 0.3 is 0 Å². The fraction of sp³-hybridized carbons (Fsp3) is 1.00. The average molecular weight is 206 g/mol. The van der Waals surface area contributed by atoms with Gasteiger partial charge in [0.1, 0.15) is 0 Å². The van der Waals surface area contributed by atoms with Crippen LogP contribution in [0.25, 0.3) is 0 Å². The Kier molecular flexibility index (Phi) is 7.78. The van der Waals surface area contributed by atoms with Crippen molar-refractivity contribution in [3.8, 4) is 0 Å². The summed E-state index contributed by atoms with van der Waals surface area (Å²) in [7, 11) is 0. The summed E-state index contributed by atoms with van der Waals surface area (Å²) in [6, 6.07) is 0.474.